The van der Waals surface area contributed by atoms with Crippen LogP contribution in [0.15, 0.2) is 42.7 Å². The van der Waals surface area contributed by atoms with Crippen LogP contribution >= 0.6 is 11.6 Å². The zero-order chi connectivity index (χ0) is 13.7. The van der Waals surface area contributed by atoms with Crippen LogP contribution in [0.5, 0.6) is 0 Å². The summed E-state index contributed by atoms with van der Waals surface area (Å²) in [4.78, 5) is 7.86. The van der Waals surface area contributed by atoms with E-state index >= 15 is 0 Å². The average molecular weight is 298 g/mol. The van der Waals surface area contributed by atoms with Crippen LogP contribution in [-0.4, -0.2) is 24.1 Å². The minimum Gasteiger partial charge on any atom is -0.283 e. The monoisotopic (exact) mass is 297 g/mol. The third-order valence-corrected chi connectivity index (χ3v) is 3.85. The number of pyridine rings is 2. The van der Waals surface area contributed by atoms with E-state index in [9.17, 15) is 8.42 Å². The molecule has 0 unspecified atom stereocenters. The predicted molar refractivity (Wildman–Crippen MR) is 74.6 cm³/mol. The van der Waals surface area contributed by atoms with Crippen LogP contribution in [0, 0.1) is 0 Å². The number of halogens is 1. The van der Waals surface area contributed by atoms with E-state index in [1.165, 1.54) is 12.3 Å². The van der Waals surface area contributed by atoms with Crippen molar-refractivity contribution in [3.8, 4) is 0 Å². The van der Waals surface area contributed by atoms with Gasteiger partial charge in [0.05, 0.1) is 11.4 Å². The molecule has 1 N–H and O–H groups in total. The van der Waals surface area contributed by atoms with Crippen molar-refractivity contribution in [3.63, 3.8) is 0 Å². The van der Waals surface area contributed by atoms with Crippen LogP contribution in [-0.2, 0) is 16.4 Å². The van der Waals surface area contributed by atoms with Crippen molar-refractivity contribution in [3.05, 3.63) is 53.6 Å². The van der Waals surface area contributed by atoms with Gasteiger partial charge in [0.1, 0.15) is 5.15 Å². The molecule has 0 amide bonds. The first-order valence-corrected chi connectivity index (χ1v) is 7.60. The second-order valence-electron chi connectivity index (χ2n) is 3.86. The average Bonchev–Trinajstić information content (AvgIpc) is 2.37. The molecule has 7 heteroatoms. The molecular weight excluding hydrogens is 286 g/mol. The molecule has 0 spiro atoms. The Morgan fingerprint density at radius 3 is 2.68 bits per heavy atom. The predicted octanol–water partition coefficient (Wildman–Crippen LogP) is 2.11. The Hall–Kier alpha value is -1.66. The number of aryl methyl sites for hydroxylation is 1. The van der Waals surface area contributed by atoms with Crippen molar-refractivity contribution in [1.82, 2.24) is 9.97 Å². The number of hydrogen-bond donors (Lipinski definition) is 1. The van der Waals surface area contributed by atoms with Gasteiger partial charge in [0, 0.05) is 24.5 Å². The number of hydrogen-bond acceptors (Lipinski definition) is 4. The van der Waals surface area contributed by atoms with Crippen molar-refractivity contribution in [2.24, 2.45) is 0 Å². The lowest BCUT2D eigenvalue weighted by atomic mass is 10.3. The van der Waals surface area contributed by atoms with Crippen molar-refractivity contribution >= 4 is 27.3 Å². The smallest absolute Gasteiger partial charge is 0.233 e. The Balaban J connectivity index is 1.99. The lowest BCUT2D eigenvalue weighted by Gasteiger charge is -2.07. The van der Waals surface area contributed by atoms with Gasteiger partial charge in [-0.1, -0.05) is 17.7 Å². The highest BCUT2D eigenvalue weighted by Gasteiger charge is 2.11. The zero-order valence-electron chi connectivity index (χ0n) is 9.95. The molecule has 0 radical (unpaired) electrons. The van der Waals surface area contributed by atoms with Gasteiger partial charge < -0.3 is 0 Å². The molecule has 2 aromatic rings. The molecule has 0 bridgehead atoms. The molecule has 0 saturated carbocycles. The lowest BCUT2D eigenvalue weighted by molar-refractivity contribution is 0.600. The molecule has 0 fully saturated rings. The Kier molecular flexibility index (Phi) is 4.34. The maximum absolute atomic E-state index is 11.9. The quantitative estimate of drug-likeness (QED) is 0.858. The molecule has 5 nitrogen and oxygen atoms in total. The zero-order valence-corrected chi connectivity index (χ0v) is 11.5. The Morgan fingerprint density at radius 1 is 1.16 bits per heavy atom. The van der Waals surface area contributed by atoms with Gasteiger partial charge in [-0.05, 0) is 24.3 Å². The molecular formula is C12H12ClN3O2S. The summed E-state index contributed by atoms with van der Waals surface area (Å²) < 4.78 is 26.2. The van der Waals surface area contributed by atoms with Gasteiger partial charge in [-0.15, -0.1) is 0 Å². The second kappa shape index (κ2) is 5.99. The SMILES string of the molecule is O=S(=O)(CCc1ccccn1)Nc1ccnc(Cl)c1. The fourth-order valence-corrected chi connectivity index (χ4v) is 2.72. The van der Waals surface area contributed by atoms with Gasteiger partial charge in [-0.2, -0.15) is 0 Å². The van der Waals surface area contributed by atoms with E-state index in [4.69, 9.17) is 11.6 Å². The highest BCUT2D eigenvalue weighted by molar-refractivity contribution is 7.92. The maximum Gasteiger partial charge on any atom is 0.233 e. The van der Waals surface area contributed by atoms with Crippen molar-refractivity contribution in [2.75, 3.05) is 10.5 Å². The molecule has 0 saturated heterocycles. The van der Waals surface area contributed by atoms with Crippen LogP contribution < -0.4 is 4.72 Å². The summed E-state index contributed by atoms with van der Waals surface area (Å²) in [6.07, 6.45) is 3.44. The van der Waals surface area contributed by atoms with E-state index in [1.807, 2.05) is 6.07 Å². The van der Waals surface area contributed by atoms with E-state index in [1.54, 1.807) is 24.4 Å². The molecule has 0 aliphatic rings. The third-order valence-electron chi connectivity index (χ3n) is 2.35. The number of nitrogens with zero attached hydrogens (tertiary/aromatic N) is 2. The lowest BCUT2D eigenvalue weighted by Crippen LogP contribution is -2.18. The van der Waals surface area contributed by atoms with Gasteiger partial charge in [-0.3, -0.25) is 9.71 Å². The van der Waals surface area contributed by atoms with Crippen molar-refractivity contribution in [1.29, 1.82) is 0 Å². The molecule has 0 aliphatic carbocycles. The standard InChI is InChI=1S/C12H12ClN3O2S/c13-12-9-11(4-7-15-12)16-19(17,18)8-5-10-3-1-2-6-14-10/h1-4,6-7,9H,5,8H2,(H,15,16). The minimum atomic E-state index is -3.43. The van der Waals surface area contributed by atoms with Gasteiger partial charge in [0.15, 0.2) is 0 Å². The fraction of sp³-hybridized carbons (Fsp3) is 0.167. The van der Waals surface area contributed by atoms with Crippen LogP contribution in [0.2, 0.25) is 5.15 Å². The molecule has 2 heterocycles. The van der Waals surface area contributed by atoms with E-state index in [0.717, 1.165) is 5.69 Å². The van der Waals surface area contributed by atoms with Gasteiger partial charge >= 0.3 is 0 Å². The van der Waals surface area contributed by atoms with Crippen LogP contribution in [0.1, 0.15) is 5.69 Å². The van der Waals surface area contributed by atoms with Gasteiger partial charge in [0.2, 0.25) is 10.0 Å². The summed E-state index contributed by atoms with van der Waals surface area (Å²) in [5.74, 6) is -0.0377. The van der Waals surface area contributed by atoms with E-state index in [0.29, 0.717) is 12.1 Å². The Labute approximate surface area is 116 Å². The summed E-state index contributed by atoms with van der Waals surface area (Å²) in [6.45, 7) is 0. The van der Waals surface area contributed by atoms with Crippen molar-refractivity contribution in [2.45, 2.75) is 6.42 Å². The Bertz CT molecular complexity index is 647. The molecule has 0 aromatic carbocycles. The van der Waals surface area contributed by atoms with Crippen LogP contribution in [0.3, 0.4) is 0 Å². The summed E-state index contributed by atoms with van der Waals surface area (Å²) in [7, 11) is -3.43. The van der Waals surface area contributed by atoms with Crippen molar-refractivity contribution < 1.29 is 8.42 Å². The first kappa shape index (κ1) is 13.8. The van der Waals surface area contributed by atoms with Crippen LogP contribution in [0.4, 0.5) is 5.69 Å². The molecule has 0 aliphatic heterocycles. The van der Waals surface area contributed by atoms with E-state index < -0.39 is 10.0 Å². The maximum atomic E-state index is 11.9. The van der Waals surface area contributed by atoms with Crippen LogP contribution in [0.25, 0.3) is 0 Å². The number of rotatable bonds is 5. The molecule has 19 heavy (non-hydrogen) atoms. The molecule has 100 valence electrons. The fourth-order valence-electron chi connectivity index (χ4n) is 1.48. The molecule has 2 aromatic heterocycles. The second-order valence-corrected chi connectivity index (χ2v) is 6.09. The number of anilines is 1. The van der Waals surface area contributed by atoms with E-state index in [2.05, 4.69) is 14.7 Å². The first-order valence-electron chi connectivity index (χ1n) is 5.57. The number of aromatic nitrogens is 2. The largest absolute Gasteiger partial charge is 0.283 e. The van der Waals surface area contributed by atoms with Gasteiger partial charge in [0.25, 0.3) is 0 Å². The minimum absolute atomic E-state index is 0.0377. The van der Waals surface area contributed by atoms with E-state index in [-0.39, 0.29) is 10.9 Å². The summed E-state index contributed by atoms with van der Waals surface area (Å²) >= 11 is 5.69. The summed E-state index contributed by atoms with van der Waals surface area (Å²) in [5, 5.41) is 0.241. The topological polar surface area (TPSA) is 72.0 Å². The summed E-state index contributed by atoms with van der Waals surface area (Å²) in [6, 6.07) is 8.41. The first-order chi connectivity index (χ1) is 9.05. The Morgan fingerprint density at radius 2 is 2.00 bits per heavy atom. The molecule has 0 atom stereocenters. The molecule has 2 rings (SSSR count). The summed E-state index contributed by atoms with van der Waals surface area (Å²) in [5.41, 5.74) is 1.14. The highest BCUT2D eigenvalue weighted by atomic mass is 35.5. The van der Waals surface area contributed by atoms with Gasteiger partial charge in [-0.25, -0.2) is 13.4 Å². The highest BCUT2D eigenvalue weighted by Crippen LogP contribution is 2.13. The normalized spacial score (nSPS) is 11.2. The third kappa shape index (κ3) is 4.50. The number of sulfonamides is 1. The number of nitrogens with one attached hydrogen (secondary N) is 1.